The standard InChI is InChI=1S/C32H28FN3O3S/c1-21-15-17-25(18-16-21)34-30(37)22(2)40-27-13-8-12-26(20-27)35-32(39)29(19-24-11-6-7-14-28(24)33)36-31(38)23-9-4-3-5-10-23/h3-20,22H,1-2H3,(H,34,37)(H,35,39)(H,36,38)/b29-19-. The summed E-state index contributed by atoms with van der Waals surface area (Å²) in [5.41, 5.74) is 2.66. The number of halogens is 1. The van der Waals surface area contributed by atoms with Crippen molar-refractivity contribution in [1.82, 2.24) is 5.32 Å². The van der Waals surface area contributed by atoms with E-state index in [1.807, 2.05) is 37.3 Å². The number of thioether (sulfide) groups is 1. The number of anilines is 2. The summed E-state index contributed by atoms with van der Waals surface area (Å²) in [7, 11) is 0. The van der Waals surface area contributed by atoms with Gasteiger partial charge in [0, 0.05) is 27.4 Å². The minimum Gasteiger partial charge on any atom is -0.325 e. The molecule has 4 rings (SSSR count). The Morgan fingerprint density at radius 3 is 2.23 bits per heavy atom. The molecule has 4 aromatic rings. The van der Waals surface area contributed by atoms with Crippen molar-refractivity contribution < 1.29 is 18.8 Å². The van der Waals surface area contributed by atoms with Crippen molar-refractivity contribution in [1.29, 1.82) is 0 Å². The molecule has 0 radical (unpaired) electrons. The van der Waals surface area contributed by atoms with Crippen LogP contribution in [0.3, 0.4) is 0 Å². The first-order valence-electron chi connectivity index (χ1n) is 12.6. The van der Waals surface area contributed by atoms with Gasteiger partial charge in [-0.15, -0.1) is 11.8 Å². The van der Waals surface area contributed by atoms with Crippen molar-refractivity contribution in [3.05, 3.63) is 131 Å². The highest BCUT2D eigenvalue weighted by Gasteiger charge is 2.18. The predicted octanol–water partition coefficient (Wildman–Crippen LogP) is 6.66. The number of hydrogen-bond acceptors (Lipinski definition) is 4. The first kappa shape index (κ1) is 28.3. The summed E-state index contributed by atoms with van der Waals surface area (Å²) in [4.78, 5) is 39.5. The highest BCUT2D eigenvalue weighted by atomic mass is 32.2. The van der Waals surface area contributed by atoms with Gasteiger partial charge in [-0.05, 0) is 68.5 Å². The number of benzene rings is 4. The van der Waals surface area contributed by atoms with Crippen LogP contribution in [-0.2, 0) is 9.59 Å². The molecule has 4 aromatic carbocycles. The van der Waals surface area contributed by atoms with Crippen LogP contribution in [0.5, 0.6) is 0 Å². The number of aryl methyl sites for hydroxylation is 1. The molecule has 8 heteroatoms. The average molecular weight is 554 g/mol. The number of carbonyl (C=O) groups is 3. The van der Waals surface area contributed by atoms with Crippen molar-refractivity contribution in [3.8, 4) is 0 Å². The van der Waals surface area contributed by atoms with E-state index in [1.54, 1.807) is 67.6 Å². The molecule has 0 aliphatic carbocycles. The lowest BCUT2D eigenvalue weighted by molar-refractivity contribution is -0.115. The highest BCUT2D eigenvalue weighted by molar-refractivity contribution is 8.00. The zero-order valence-corrected chi connectivity index (χ0v) is 22.8. The van der Waals surface area contributed by atoms with Crippen molar-refractivity contribution >= 4 is 46.9 Å². The molecular formula is C32H28FN3O3S. The maximum Gasteiger partial charge on any atom is 0.272 e. The number of amides is 3. The molecule has 0 aliphatic rings. The summed E-state index contributed by atoms with van der Waals surface area (Å²) in [6.45, 7) is 3.78. The van der Waals surface area contributed by atoms with Crippen LogP contribution < -0.4 is 16.0 Å². The highest BCUT2D eigenvalue weighted by Crippen LogP contribution is 2.27. The van der Waals surface area contributed by atoms with Gasteiger partial charge in [0.2, 0.25) is 5.91 Å². The van der Waals surface area contributed by atoms with Gasteiger partial charge in [-0.3, -0.25) is 14.4 Å². The van der Waals surface area contributed by atoms with E-state index in [9.17, 15) is 18.8 Å². The lowest BCUT2D eigenvalue weighted by Gasteiger charge is -2.14. The monoisotopic (exact) mass is 553 g/mol. The van der Waals surface area contributed by atoms with Crippen molar-refractivity contribution in [2.45, 2.75) is 24.0 Å². The van der Waals surface area contributed by atoms with E-state index >= 15 is 0 Å². The third kappa shape index (κ3) is 7.91. The van der Waals surface area contributed by atoms with E-state index in [4.69, 9.17) is 0 Å². The SMILES string of the molecule is Cc1ccc(NC(=O)C(C)Sc2cccc(NC(=O)/C(=C/c3ccccc3F)NC(=O)c3ccccc3)c2)cc1. The van der Waals surface area contributed by atoms with Crippen LogP contribution in [0.15, 0.2) is 114 Å². The summed E-state index contributed by atoms with van der Waals surface area (Å²) in [6, 6.07) is 29.0. The predicted molar refractivity (Wildman–Crippen MR) is 158 cm³/mol. The van der Waals surface area contributed by atoms with Gasteiger partial charge in [-0.1, -0.05) is 60.2 Å². The topological polar surface area (TPSA) is 87.3 Å². The van der Waals surface area contributed by atoms with Gasteiger partial charge in [0.1, 0.15) is 11.5 Å². The summed E-state index contributed by atoms with van der Waals surface area (Å²) >= 11 is 1.34. The van der Waals surface area contributed by atoms with Gasteiger partial charge < -0.3 is 16.0 Å². The van der Waals surface area contributed by atoms with Crippen molar-refractivity contribution in [2.24, 2.45) is 0 Å². The first-order valence-corrected chi connectivity index (χ1v) is 13.4. The fraction of sp³-hybridized carbons (Fsp3) is 0.0938. The van der Waals surface area contributed by atoms with Gasteiger partial charge in [-0.2, -0.15) is 0 Å². The molecule has 6 nitrogen and oxygen atoms in total. The molecular weight excluding hydrogens is 525 g/mol. The molecule has 0 fully saturated rings. The van der Waals surface area contributed by atoms with Crippen LogP contribution in [0.1, 0.15) is 28.4 Å². The van der Waals surface area contributed by atoms with E-state index < -0.39 is 22.9 Å². The van der Waals surface area contributed by atoms with Crippen molar-refractivity contribution in [3.63, 3.8) is 0 Å². The molecule has 202 valence electrons. The third-order valence-corrected chi connectivity index (χ3v) is 6.92. The van der Waals surface area contributed by atoms with E-state index in [1.165, 1.54) is 30.0 Å². The van der Waals surface area contributed by atoms with Crippen LogP contribution >= 0.6 is 11.8 Å². The number of hydrogen-bond donors (Lipinski definition) is 3. The molecule has 1 unspecified atom stereocenters. The second-order valence-corrected chi connectivity index (χ2v) is 10.4. The van der Waals surface area contributed by atoms with Gasteiger partial charge in [0.15, 0.2) is 0 Å². The Morgan fingerprint density at radius 2 is 1.50 bits per heavy atom. The van der Waals surface area contributed by atoms with Crippen LogP contribution in [0.25, 0.3) is 6.08 Å². The lowest BCUT2D eigenvalue weighted by atomic mass is 10.1. The molecule has 0 saturated heterocycles. The maximum atomic E-state index is 14.4. The Bertz CT molecular complexity index is 1540. The molecule has 0 aromatic heterocycles. The third-order valence-electron chi connectivity index (χ3n) is 5.83. The van der Waals surface area contributed by atoms with Crippen LogP contribution in [-0.4, -0.2) is 23.0 Å². The number of nitrogens with one attached hydrogen (secondary N) is 3. The maximum absolute atomic E-state index is 14.4. The zero-order chi connectivity index (χ0) is 28.5. The fourth-order valence-corrected chi connectivity index (χ4v) is 4.60. The summed E-state index contributed by atoms with van der Waals surface area (Å²) < 4.78 is 14.4. The molecule has 3 N–H and O–H groups in total. The molecule has 0 heterocycles. The molecule has 0 spiro atoms. The Kier molecular flexibility index (Phi) is 9.48. The Balaban J connectivity index is 1.48. The minimum absolute atomic E-state index is 0.122. The van der Waals surface area contributed by atoms with Crippen LogP contribution in [0.2, 0.25) is 0 Å². The molecule has 0 saturated carbocycles. The normalized spacial score (nSPS) is 11.8. The quantitative estimate of drug-likeness (QED) is 0.160. The fourth-order valence-electron chi connectivity index (χ4n) is 3.67. The van der Waals surface area contributed by atoms with Gasteiger partial charge >= 0.3 is 0 Å². The Morgan fingerprint density at radius 1 is 0.800 bits per heavy atom. The summed E-state index contributed by atoms with van der Waals surface area (Å²) in [5, 5.41) is 7.87. The van der Waals surface area contributed by atoms with Gasteiger partial charge in [0.25, 0.3) is 11.8 Å². The number of carbonyl (C=O) groups excluding carboxylic acids is 3. The molecule has 1 atom stereocenters. The second kappa shape index (κ2) is 13.4. The summed E-state index contributed by atoms with van der Waals surface area (Å²) in [5.74, 6) is -1.81. The van der Waals surface area contributed by atoms with Gasteiger partial charge in [0.05, 0.1) is 5.25 Å². The van der Waals surface area contributed by atoms with E-state index in [0.717, 1.165) is 16.1 Å². The zero-order valence-electron chi connectivity index (χ0n) is 22.0. The second-order valence-electron chi connectivity index (χ2n) is 9.00. The molecule has 0 bridgehead atoms. The van der Waals surface area contributed by atoms with E-state index in [2.05, 4.69) is 16.0 Å². The lowest BCUT2D eigenvalue weighted by Crippen LogP contribution is -2.30. The first-order chi connectivity index (χ1) is 19.3. The largest absolute Gasteiger partial charge is 0.325 e. The number of rotatable bonds is 9. The average Bonchev–Trinajstić information content (AvgIpc) is 2.95. The Labute approximate surface area is 236 Å². The van der Waals surface area contributed by atoms with E-state index in [-0.39, 0.29) is 17.2 Å². The van der Waals surface area contributed by atoms with Crippen LogP contribution in [0, 0.1) is 12.7 Å². The molecule has 40 heavy (non-hydrogen) atoms. The van der Waals surface area contributed by atoms with Gasteiger partial charge in [-0.25, -0.2) is 4.39 Å². The minimum atomic E-state index is -0.625. The Hall–Kier alpha value is -4.69. The van der Waals surface area contributed by atoms with E-state index in [0.29, 0.717) is 11.3 Å². The van der Waals surface area contributed by atoms with Crippen LogP contribution in [0.4, 0.5) is 15.8 Å². The smallest absolute Gasteiger partial charge is 0.272 e. The summed E-state index contributed by atoms with van der Waals surface area (Å²) in [6.07, 6.45) is 1.29. The molecule has 0 aliphatic heterocycles. The van der Waals surface area contributed by atoms with Crippen molar-refractivity contribution in [2.75, 3.05) is 10.6 Å². The molecule has 3 amide bonds.